The van der Waals surface area contributed by atoms with Gasteiger partial charge in [-0.1, -0.05) is 24.3 Å². The summed E-state index contributed by atoms with van der Waals surface area (Å²) < 4.78 is 7.03. The summed E-state index contributed by atoms with van der Waals surface area (Å²) in [6, 6.07) is 17.8. The second-order valence-electron chi connectivity index (χ2n) is 4.69. The number of benzene rings is 2. The lowest BCUT2D eigenvalue weighted by atomic mass is 10.2. The van der Waals surface area contributed by atoms with Gasteiger partial charge < -0.3 is 10.1 Å². The van der Waals surface area contributed by atoms with E-state index in [9.17, 15) is 0 Å². The molecule has 0 atom stereocenters. The van der Waals surface area contributed by atoms with Crippen LogP contribution in [0.5, 0.6) is 11.5 Å². The Morgan fingerprint density at radius 2 is 1.81 bits per heavy atom. The van der Waals surface area contributed by atoms with Gasteiger partial charge in [-0.2, -0.15) is 0 Å². The van der Waals surface area contributed by atoms with Crippen molar-refractivity contribution in [2.24, 2.45) is 0 Å². The summed E-state index contributed by atoms with van der Waals surface area (Å²) in [5.74, 6) is 1.61. The summed E-state index contributed by atoms with van der Waals surface area (Å²) in [5.41, 5.74) is 1.89. The molecular weight excluding hydrogens is 328 g/mol. The zero-order valence-corrected chi connectivity index (χ0v) is 13.2. The fourth-order valence-corrected chi connectivity index (χ4v) is 2.56. The molecule has 106 valence electrons. The van der Waals surface area contributed by atoms with Crippen LogP contribution in [-0.4, -0.2) is 12.0 Å². The van der Waals surface area contributed by atoms with Crippen molar-refractivity contribution in [1.82, 2.24) is 10.3 Å². The van der Waals surface area contributed by atoms with E-state index in [0.717, 1.165) is 32.6 Å². The highest BCUT2D eigenvalue weighted by atomic mass is 79.9. The molecule has 0 aliphatic heterocycles. The topological polar surface area (TPSA) is 34.1 Å². The molecular formula is C17H15BrN2O. The molecule has 0 spiro atoms. The monoisotopic (exact) mass is 342 g/mol. The number of nitrogens with one attached hydrogen (secondary N) is 1. The van der Waals surface area contributed by atoms with Gasteiger partial charge in [0, 0.05) is 18.0 Å². The van der Waals surface area contributed by atoms with E-state index in [-0.39, 0.29) is 0 Å². The zero-order valence-electron chi connectivity index (χ0n) is 11.6. The SMILES string of the molecule is CNCc1cc(Oc2ccccc2Br)c2ccccc2n1. The Bertz CT molecular complexity index is 774. The third-order valence-electron chi connectivity index (χ3n) is 3.15. The predicted molar refractivity (Wildman–Crippen MR) is 88.7 cm³/mol. The fraction of sp³-hybridized carbons (Fsp3) is 0.118. The maximum atomic E-state index is 6.09. The molecule has 1 heterocycles. The Balaban J connectivity index is 2.09. The van der Waals surface area contributed by atoms with Crippen molar-refractivity contribution in [2.45, 2.75) is 6.54 Å². The predicted octanol–water partition coefficient (Wildman–Crippen LogP) is 4.51. The third-order valence-corrected chi connectivity index (χ3v) is 3.80. The van der Waals surface area contributed by atoms with Crippen molar-refractivity contribution >= 4 is 26.8 Å². The van der Waals surface area contributed by atoms with Gasteiger partial charge in [-0.25, -0.2) is 0 Å². The van der Waals surface area contributed by atoms with E-state index >= 15 is 0 Å². The summed E-state index contributed by atoms with van der Waals surface area (Å²) in [7, 11) is 1.91. The molecule has 0 fully saturated rings. The number of hydrogen-bond acceptors (Lipinski definition) is 3. The molecule has 2 aromatic carbocycles. The number of aromatic nitrogens is 1. The summed E-state index contributed by atoms with van der Waals surface area (Å²) >= 11 is 3.51. The fourth-order valence-electron chi connectivity index (χ4n) is 2.20. The Morgan fingerprint density at radius 1 is 1.05 bits per heavy atom. The first-order chi connectivity index (χ1) is 10.3. The van der Waals surface area contributed by atoms with E-state index in [1.54, 1.807) is 0 Å². The molecule has 21 heavy (non-hydrogen) atoms. The van der Waals surface area contributed by atoms with Gasteiger partial charge >= 0.3 is 0 Å². The molecule has 3 aromatic rings. The van der Waals surface area contributed by atoms with Crippen molar-refractivity contribution in [3.8, 4) is 11.5 Å². The van der Waals surface area contributed by atoms with Gasteiger partial charge in [0.25, 0.3) is 0 Å². The van der Waals surface area contributed by atoms with Crippen LogP contribution in [0.25, 0.3) is 10.9 Å². The van der Waals surface area contributed by atoms with E-state index in [2.05, 4.69) is 26.2 Å². The smallest absolute Gasteiger partial charge is 0.141 e. The second-order valence-corrected chi connectivity index (χ2v) is 5.55. The number of para-hydroxylation sites is 2. The van der Waals surface area contributed by atoms with Crippen LogP contribution in [0.3, 0.4) is 0 Å². The zero-order chi connectivity index (χ0) is 14.7. The molecule has 0 bridgehead atoms. The molecule has 3 rings (SSSR count). The van der Waals surface area contributed by atoms with E-state index in [1.807, 2.05) is 61.6 Å². The lowest BCUT2D eigenvalue weighted by Gasteiger charge is -2.12. The molecule has 0 radical (unpaired) electrons. The van der Waals surface area contributed by atoms with Crippen LogP contribution in [0.15, 0.2) is 59.1 Å². The molecule has 1 aromatic heterocycles. The Labute approximate surface area is 132 Å². The van der Waals surface area contributed by atoms with Crippen LogP contribution < -0.4 is 10.1 Å². The van der Waals surface area contributed by atoms with E-state index in [4.69, 9.17) is 4.74 Å². The highest BCUT2D eigenvalue weighted by Crippen LogP contribution is 2.33. The van der Waals surface area contributed by atoms with Crippen molar-refractivity contribution in [2.75, 3.05) is 7.05 Å². The number of halogens is 1. The molecule has 0 unspecified atom stereocenters. The van der Waals surface area contributed by atoms with Crippen molar-refractivity contribution in [1.29, 1.82) is 0 Å². The van der Waals surface area contributed by atoms with Gasteiger partial charge in [-0.15, -0.1) is 0 Å². The number of nitrogens with zero attached hydrogens (tertiary/aromatic N) is 1. The minimum atomic E-state index is 0.706. The van der Waals surface area contributed by atoms with Gasteiger partial charge in [-0.3, -0.25) is 4.98 Å². The standard InChI is InChI=1S/C17H15BrN2O/c1-19-11-12-10-17(13-6-2-4-8-15(13)20-12)21-16-9-5-3-7-14(16)18/h2-10,19H,11H2,1H3. The van der Waals surface area contributed by atoms with E-state index in [1.165, 1.54) is 0 Å². The largest absolute Gasteiger partial charge is 0.455 e. The highest BCUT2D eigenvalue weighted by Gasteiger charge is 2.09. The van der Waals surface area contributed by atoms with Gasteiger partial charge in [0.2, 0.25) is 0 Å². The van der Waals surface area contributed by atoms with Gasteiger partial charge in [0.15, 0.2) is 0 Å². The summed E-state index contributed by atoms with van der Waals surface area (Å²) in [5, 5.41) is 4.13. The number of pyridine rings is 1. The van der Waals surface area contributed by atoms with Crippen LogP contribution in [0.2, 0.25) is 0 Å². The second kappa shape index (κ2) is 6.24. The Kier molecular flexibility index (Phi) is 4.18. The van der Waals surface area contributed by atoms with Crippen LogP contribution >= 0.6 is 15.9 Å². The molecule has 0 saturated heterocycles. The first-order valence-corrected chi connectivity index (χ1v) is 7.53. The van der Waals surface area contributed by atoms with Gasteiger partial charge in [-0.05, 0) is 47.2 Å². The Morgan fingerprint density at radius 3 is 2.62 bits per heavy atom. The van der Waals surface area contributed by atoms with Crippen LogP contribution in [0.1, 0.15) is 5.69 Å². The number of rotatable bonds is 4. The van der Waals surface area contributed by atoms with Gasteiger partial charge in [0.05, 0.1) is 15.7 Å². The molecule has 0 amide bonds. The summed E-state index contributed by atoms with van der Waals surface area (Å²) in [4.78, 5) is 4.64. The number of hydrogen-bond donors (Lipinski definition) is 1. The quantitative estimate of drug-likeness (QED) is 0.757. The lowest BCUT2D eigenvalue weighted by molar-refractivity contribution is 0.483. The maximum Gasteiger partial charge on any atom is 0.141 e. The minimum absolute atomic E-state index is 0.706. The third kappa shape index (κ3) is 3.06. The molecule has 0 aliphatic carbocycles. The molecule has 0 saturated carbocycles. The molecule has 4 heteroatoms. The first kappa shape index (κ1) is 14.0. The average molecular weight is 343 g/mol. The number of fused-ring (bicyclic) bond motifs is 1. The molecule has 3 nitrogen and oxygen atoms in total. The summed E-state index contributed by atoms with van der Waals surface area (Å²) in [6.07, 6.45) is 0. The Hall–Kier alpha value is -1.91. The van der Waals surface area contributed by atoms with Crippen LogP contribution in [0.4, 0.5) is 0 Å². The van der Waals surface area contributed by atoms with Crippen LogP contribution in [0, 0.1) is 0 Å². The molecule has 0 aliphatic rings. The maximum absolute atomic E-state index is 6.09. The lowest BCUT2D eigenvalue weighted by Crippen LogP contribution is -2.07. The van der Waals surface area contributed by atoms with Crippen molar-refractivity contribution in [3.63, 3.8) is 0 Å². The molecule has 1 N–H and O–H groups in total. The number of ether oxygens (including phenoxy) is 1. The van der Waals surface area contributed by atoms with E-state index in [0.29, 0.717) is 6.54 Å². The average Bonchev–Trinajstić information content (AvgIpc) is 2.50. The minimum Gasteiger partial charge on any atom is -0.455 e. The normalized spacial score (nSPS) is 10.8. The van der Waals surface area contributed by atoms with Crippen LogP contribution in [-0.2, 0) is 6.54 Å². The van der Waals surface area contributed by atoms with Crippen molar-refractivity contribution < 1.29 is 4.74 Å². The summed E-state index contributed by atoms with van der Waals surface area (Å²) in [6.45, 7) is 0.706. The highest BCUT2D eigenvalue weighted by molar-refractivity contribution is 9.10. The van der Waals surface area contributed by atoms with Gasteiger partial charge in [0.1, 0.15) is 11.5 Å². The van der Waals surface area contributed by atoms with Crippen molar-refractivity contribution in [3.05, 3.63) is 64.8 Å². The van der Waals surface area contributed by atoms with E-state index < -0.39 is 0 Å². The first-order valence-electron chi connectivity index (χ1n) is 6.73.